The highest BCUT2D eigenvalue weighted by Crippen LogP contribution is 2.25. The van der Waals surface area contributed by atoms with Crippen LogP contribution in [0.25, 0.3) is 10.8 Å². The summed E-state index contributed by atoms with van der Waals surface area (Å²) in [5, 5.41) is 10.6. The summed E-state index contributed by atoms with van der Waals surface area (Å²) in [6.07, 6.45) is 3.11. The molecule has 0 radical (unpaired) electrons. The van der Waals surface area contributed by atoms with Crippen molar-refractivity contribution in [1.29, 1.82) is 0 Å². The van der Waals surface area contributed by atoms with Crippen molar-refractivity contribution in [2.45, 2.75) is 57.0 Å². The first kappa shape index (κ1) is 35.5. The van der Waals surface area contributed by atoms with Crippen LogP contribution in [0, 0.1) is 0 Å². The minimum absolute atomic E-state index is 0.0938. The van der Waals surface area contributed by atoms with Gasteiger partial charge in [0, 0.05) is 51.2 Å². The Morgan fingerprint density at radius 2 is 1.72 bits per heavy atom. The van der Waals surface area contributed by atoms with Gasteiger partial charge in [-0.2, -0.15) is 0 Å². The predicted octanol–water partition coefficient (Wildman–Crippen LogP) is 0.914. The monoisotopic (exact) mass is 681 g/mol. The Balaban J connectivity index is 1.36. The molecule has 1 aliphatic rings. The number of ether oxygens (including phenoxy) is 1. The second-order valence-electron chi connectivity index (χ2n) is 12.2. The van der Waals surface area contributed by atoms with Gasteiger partial charge in [0.2, 0.25) is 23.6 Å². The van der Waals surface area contributed by atoms with Crippen molar-refractivity contribution in [1.82, 2.24) is 30.8 Å². The molecule has 3 aromatic carbocycles. The minimum atomic E-state index is -1.06. The summed E-state index contributed by atoms with van der Waals surface area (Å²) in [5.74, 6) is -1.89. The van der Waals surface area contributed by atoms with Gasteiger partial charge >= 0.3 is 0 Å². The number of hydrogen-bond donors (Lipinski definition) is 6. The largest absolute Gasteiger partial charge is 0.372 e. The maximum absolute atomic E-state index is 14.5. The van der Waals surface area contributed by atoms with E-state index in [2.05, 4.69) is 37.0 Å². The van der Waals surface area contributed by atoms with Crippen LogP contribution in [-0.2, 0) is 43.4 Å². The first-order valence-electron chi connectivity index (χ1n) is 16.5. The number of hydrogen-bond acceptors (Lipinski definition) is 7. The van der Waals surface area contributed by atoms with Gasteiger partial charge in [0.15, 0.2) is 5.96 Å². The van der Waals surface area contributed by atoms with Crippen LogP contribution in [0.5, 0.6) is 0 Å². The highest BCUT2D eigenvalue weighted by atomic mass is 16.5. The maximum Gasteiger partial charge on any atom is 0.246 e. The number of imidazole rings is 1. The lowest BCUT2D eigenvalue weighted by Gasteiger charge is -2.29. The van der Waals surface area contributed by atoms with Gasteiger partial charge in [0.1, 0.15) is 18.1 Å². The van der Waals surface area contributed by atoms with Gasteiger partial charge in [0.05, 0.1) is 25.6 Å². The first-order chi connectivity index (χ1) is 24.2. The van der Waals surface area contributed by atoms with E-state index in [1.807, 2.05) is 66.7 Å². The molecule has 0 aliphatic carbocycles. The molecule has 14 nitrogen and oxygen atoms in total. The van der Waals surface area contributed by atoms with Crippen LogP contribution in [0.4, 0.5) is 0 Å². The summed E-state index contributed by atoms with van der Waals surface area (Å²) in [6.45, 7) is 2.06. The van der Waals surface area contributed by atoms with Gasteiger partial charge in [-0.3, -0.25) is 24.2 Å². The fourth-order valence-corrected chi connectivity index (χ4v) is 6.03. The van der Waals surface area contributed by atoms with E-state index >= 15 is 0 Å². The highest BCUT2D eigenvalue weighted by Gasteiger charge is 2.43. The first-order valence-corrected chi connectivity index (χ1v) is 16.5. The highest BCUT2D eigenvalue weighted by molar-refractivity contribution is 5.95. The zero-order chi connectivity index (χ0) is 35.5. The van der Waals surface area contributed by atoms with Gasteiger partial charge < -0.3 is 42.0 Å². The van der Waals surface area contributed by atoms with Crippen LogP contribution >= 0.6 is 0 Å². The Hall–Kier alpha value is -5.76. The average Bonchev–Trinajstić information content (AvgIpc) is 3.79. The molecule has 0 bridgehead atoms. The molecule has 0 unspecified atom stereocenters. The smallest absolute Gasteiger partial charge is 0.246 e. The van der Waals surface area contributed by atoms with E-state index in [1.54, 1.807) is 6.20 Å². The van der Waals surface area contributed by atoms with Crippen LogP contribution in [0.1, 0.15) is 30.2 Å². The lowest BCUT2D eigenvalue weighted by molar-refractivity contribution is -0.142. The SMILES string of the molecule is CC(=O)N[C@H](Cc1cnc[nH]1)C(=O)N[C@H](Cc1ccccc1)C(=O)N1C[C@H](OCc2ccc3ccccc3c2)C[C@@H]1C(=O)NCCN=C(N)N. The van der Waals surface area contributed by atoms with E-state index in [0.29, 0.717) is 5.69 Å². The number of amides is 4. The number of fused-ring (bicyclic) bond motifs is 1. The van der Waals surface area contributed by atoms with E-state index in [0.717, 1.165) is 21.9 Å². The molecule has 262 valence electrons. The van der Waals surface area contributed by atoms with Crippen molar-refractivity contribution in [3.05, 3.63) is 102 Å². The molecule has 14 heteroatoms. The minimum Gasteiger partial charge on any atom is -0.372 e. The number of nitrogens with zero attached hydrogens (tertiary/aromatic N) is 3. The van der Waals surface area contributed by atoms with E-state index in [9.17, 15) is 19.2 Å². The lowest BCUT2D eigenvalue weighted by atomic mass is 10.0. The number of nitrogens with one attached hydrogen (secondary N) is 4. The normalized spacial score (nSPS) is 16.7. The molecule has 4 aromatic rings. The third-order valence-corrected chi connectivity index (χ3v) is 8.42. The molecule has 1 saturated heterocycles. The molecule has 1 aliphatic heterocycles. The molecule has 1 aromatic heterocycles. The van der Waals surface area contributed by atoms with Crippen LogP contribution < -0.4 is 27.4 Å². The van der Waals surface area contributed by atoms with Gasteiger partial charge in [-0.1, -0.05) is 66.7 Å². The summed E-state index contributed by atoms with van der Waals surface area (Å²) in [7, 11) is 0. The van der Waals surface area contributed by atoms with E-state index in [-0.39, 0.29) is 57.4 Å². The predicted molar refractivity (Wildman–Crippen MR) is 188 cm³/mol. The molecule has 2 heterocycles. The summed E-state index contributed by atoms with van der Waals surface area (Å²) < 4.78 is 6.30. The van der Waals surface area contributed by atoms with E-state index < -0.39 is 42.0 Å². The molecule has 1 fully saturated rings. The fraction of sp³-hybridized carbons (Fsp3) is 0.333. The number of aliphatic imine (C=N–C) groups is 1. The maximum atomic E-state index is 14.5. The summed E-state index contributed by atoms with van der Waals surface area (Å²) in [5.41, 5.74) is 13.3. The zero-order valence-corrected chi connectivity index (χ0v) is 27.9. The van der Waals surface area contributed by atoms with Crippen molar-refractivity contribution in [2.24, 2.45) is 16.5 Å². The van der Waals surface area contributed by atoms with Crippen molar-refractivity contribution < 1.29 is 23.9 Å². The van der Waals surface area contributed by atoms with Crippen molar-refractivity contribution in [2.75, 3.05) is 19.6 Å². The van der Waals surface area contributed by atoms with Gasteiger partial charge in [-0.25, -0.2) is 4.98 Å². The summed E-state index contributed by atoms with van der Waals surface area (Å²) in [4.78, 5) is 66.1. The van der Waals surface area contributed by atoms with Crippen molar-refractivity contribution in [3.8, 4) is 0 Å². The number of guanidine groups is 1. The molecule has 5 rings (SSSR count). The zero-order valence-electron chi connectivity index (χ0n) is 27.9. The standard InChI is InChI=1S/C36H43N9O5/c1-23(46)43-30(17-28-19-39-22-42-28)33(47)44-31(16-24-7-3-2-4-8-24)35(49)45-20-29(18-32(45)34(48)40-13-14-41-36(37)38)50-21-25-11-12-26-9-5-6-10-27(26)15-25/h2-12,15,19,22,29-32H,13-14,16-18,20-21H2,1H3,(H,39,42)(H,40,48)(H,43,46)(H,44,47)(H4,37,38,41)/t29-,30-,31-,32-/m1/s1. The number of aromatic nitrogens is 2. The molecule has 50 heavy (non-hydrogen) atoms. The molecule has 0 spiro atoms. The topological polar surface area (TPSA) is 210 Å². The van der Waals surface area contributed by atoms with E-state index in [4.69, 9.17) is 16.2 Å². The summed E-state index contributed by atoms with van der Waals surface area (Å²) in [6, 6.07) is 20.5. The number of nitrogens with two attached hydrogens (primary N) is 2. The molecular weight excluding hydrogens is 638 g/mol. The quantitative estimate of drug-likeness (QED) is 0.0602. The number of aromatic amines is 1. The number of H-pyrrole nitrogens is 1. The third-order valence-electron chi connectivity index (χ3n) is 8.42. The Morgan fingerprint density at radius 1 is 0.960 bits per heavy atom. The third kappa shape index (κ3) is 9.89. The van der Waals surface area contributed by atoms with Crippen LogP contribution in [0.15, 0.2) is 90.3 Å². The molecule has 8 N–H and O–H groups in total. The second-order valence-corrected chi connectivity index (χ2v) is 12.2. The lowest BCUT2D eigenvalue weighted by Crippen LogP contribution is -2.57. The Bertz CT molecular complexity index is 1790. The number of rotatable bonds is 15. The fourth-order valence-electron chi connectivity index (χ4n) is 6.03. The van der Waals surface area contributed by atoms with Crippen LogP contribution in [0.2, 0.25) is 0 Å². The number of likely N-dealkylation sites (tertiary alicyclic amines) is 1. The van der Waals surface area contributed by atoms with Crippen LogP contribution in [-0.4, -0.2) is 88.3 Å². The van der Waals surface area contributed by atoms with Gasteiger partial charge in [-0.15, -0.1) is 0 Å². The number of carbonyl (C=O) groups is 4. The van der Waals surface area contributed by atoms with Gasteiger partial charge in [0.25, 0.3) is 0 Å². The van der Waals surface area contributed by atoms with Crippen LogP contribution in [0.3, 0.4) is 0 Å². The Kier molecular flexibility index (Phi) is 12.1. The summed E-state index contributed by atoms with van der Waals surface area (Å²) >= 11 is 0. The number of benzene rings is 3. The average molecular weight is 682 g/mol. The Morgan fingerprint density at radius 3 is 2.44 bits per heavy atom. The molecule has 4 atom stereocenters. The van der Waals surface area contributed by atoms with Crippen molar-refractivity contribution in [3.63, 3.8) is 0 Å². The molecule has 4 amide bonds. The Labute approximate surface area is 290 Å². The molecular formula is C36H43N9O5. The van der Waals surface area contributed by atoms with Gasteiger partial charge in [-0.05, 0) is 28.0 Å². The second kappa shape index (κ2) is 17.1. The molecule has 0 saturated carbocycles. The van der Waals surface area contributed by atoms with E-state index in [1.165, 1.54) is 18.2 Å². The van der Waals surface area contributed by atoms with Crippen molar-refractivity contribution >= 4 is 40.4 Å². The number of carbonyl (C=O) groups excluding carboxylic acids is 4.